The molecule has 0 radical (unpaired) electrons. The zero-order valence-corrected chi connectivity index (χ0v) is 36.6. The molecule has 344 valence electrons. The van der Waals surface area contributed by atoms with Crippen molar-refractivity contribution in [3.05, 3.63) is 118 Å². The first-order valence-electron chi connectivity index (χ1n) is 21.6. The maximum atomic E-state index is 13.4. The molecule has 2 atom stereocenters. The SMILES string of the molecule is CC(C)(C)OC(=O)N1CC(Oc2ccc(C(=O)Nc3ccc4c(c3)CN(C3CCC(=O)NC3=O)C4=O)cc2)(Oc2ccc(C(=O)Nc3ccc4c(c3)CN(C3CCC(=O)NC3=O)C4=O)cc2)C1. The summed E-state index contributed by atoms with van der Waals surface area (Å²) >= 11 is 0. The number of piperidine rings is 2. The van der Waals surface area contributed by atoms with Gasteiger partial charge in [-0.05, 0) is 130 Å². The minimum absolute atomic E-state index is 0.0179. The van der Waals surface area contributed by atoms with Gasteiger partial charge in [-0.1, -0.05) is 0 Å². The molecular formula is C48H45N7O12. The van der Waals surface area contributed by atoms with Crippen molar-refractivity contribution in [2.24, 2.45) is 0 Å². The fourth-order valence-electron chi connectivity index (χ4n) is 8.63. The zero-order chi connectivity index (χ0) is 47.4. The van der Waals surface area contributed by atoms with Crippen molar-refractivity contribution in [3.63, 3.8) is 0 Å². The Balaban J connectivity index is 0.836. The van der Waals surface area contributed by atoms with E-state index in [0.717, 1.165) is 0 Å². The number of carbonyl (C=O) groups is 9. The Labute approximate surface area is 383 Å². The van der Waals surface area contributed by atoms with Gasteiger partial charge in [-0.15, -0.1) is 0 Å². The molecule has 5 aliphatic heterocycles. The first-order chi connectivity index (χ1) is 31.9. The first kappa shape index (κ1) is 44.1. The van der Waals surface area contributed by atoms with Gasteiger partial charge in [-0.2, -0.15) is 0 Å². The van der Waals surface area contributed by atoms with E-state index in [1.165, 1.54) is 14.7 Å². The fourth-order valence-corrected chi connectivity index (χ4v) is 8.63. The standard InChI is InChI=1S/C48H45N7O12/c1-47(2,3)67-46(64)53-24-48(25-53,65-32-10-4-26(5-11-32)40(58)49-30-8-14-34-28(20-30)22-54(44(34)62)36-16-18-38(56)51-42(36)60)66-33-12-6-27(7-13-33)41(59)50-31-9-15-35-29(21-31)23-55(45(35)63)37-17-19-39(57)52-43(37)61/h4-15,20-21,36-37H,16-19,22-25H2,1-3H3,(H,49,58)(H,50,59)(H,51,56,60)(H,52,57,61). The van der Waals surface area contributed by atoms with Crippen molar-refractivity contribution in [2.75, 3.05) is 23.7 Å². The van der Waals surface area contributed by atoms with E-state index in [1.807, 2.05) is 0 Å². The summed E-state index contributed by atoms with van der Waals surface area (Å²) in [6, 6.07) is 20.8. The van der Waals surface area contributed by atoms with Gasteiger partial charge in [0.1, 0.15) is 42.3 Å². The van der Waals surface area contributed by atoms with Crippen molar-refractivity contribution in [1.29, 1.82) is 0 Å². The van der Waals surface area contributed by atoms with Crippen LogP contribution >= 0.6 is 0 Å². The molecule has 4 aromatic carbocycles. The Bertz CT molecular complexity index is 2610. The summed E-state index contributed by atoms with van der Waals surface area (Å²) in [6.45, 7) is 5.54. The largest absolute Gasteiger partial charge is 0.449 e. The molecule has 3 saturated heterocycles. The third-order valence-electron chi connectivity index (χ3n) is 11.9. The summed E-state index contributed by atoms with van der Waals surface area (Å²) in [5.74, 6) is -3.99. The van der Waals surface area contributed by atoms with Crippen LogP contribution in [0.2, 0.25) is 0 Å². The van der Waals surface area contributed by atoms with Crippen LogP contribution in [0.4, 0.5) is 16.2 Å². The molecule has 5 heterocycles. The maximum absolute atomic E-state index is 13.4. The molecule has 0 aromatic heterocycles. The highest BCUT2D eigenvalue weighted by molar-refractivity contribution is 6.08. The minimum Gasteiger partial charge on any atom is -0.449 e. The van der Waals surface area contributed by atoms with Crippen LogP contribution < -0.4 is 30.7 Å². The van der Waals surface area contributed by atoms with Gasteiger partial charge in [-0.25, -0.2) is 4.79 Å². The van der Waals surface area contributed by atoms with Crippen LogP contribution in [0.1, 0.15) is 99.0 Å². The number of nitrogens with zero attached hydrogens (tertiary/aromatic N) is 3. The van der Waals surface area contributed by atoms with Gasteiger partial charge in [0, 0.05) is 59.6 Å². The smallest absolute Gasteiger partial charge is 0.410 e. The Morgan fingerprint density at radius 1 is 0.612 bits per heavy atom. The Morgan fingerprint density at radius 2 is 1.03 bits per heavy atom. The van der Waals surface area contributed by atoms with E-state index in [1.54, 1.807) is 106 Å². The number of anilines is 2. The van der Waals surface area contributed by atoms with Gasteiger partial charge in [0.25, 0.3) is 29.4 Å². The van der Waals surface area contributed by atoms with Crippen LogP contribution in [0.15, 0.2) is 84.9 Å². The highest BCUT2D eigenvalue weighted by Gasteiger charge is 2.52. The quantitative estimate of drug-likeness (QED) is 0.130. The number of amides is 9. The number of imide groups is 2. The van der Waals surface area contributed by atoms with Crippen molar-refractivity contribution in [2.45, 2.75) is 83.0 Å². The van der Waals surface area contributed by atoms with E-state index in [2.05, 4.69) is 21.3 Å². The molecule has 4 aromatic rings. The Hall–Kier alpha value is -8.09. The number of hydrogen-bond acceptors (Lipinski definition) is 12. The summed E-state index contributed by atoms with van der Waals surface area (Å²) in [5, 5.41) is 10.3. The van der Waals surface area contributed by atoms with Crippen LogP contribution in [0.5, 0.6) is 11.5 Å². The Kier molecular flexibility index (Phi) is 11.2. The van der Waals surface area contributed by atoms with Crippen molar-refractivity contribution in [3.8, 4) is 11.5 Å². The summed E-state index contributed by atoms with van der Waals surface area (Å²) in [5.41, 5.74) is 2.83. The van der Waals surface area contributed by atoms with Gasteiger partial charge < -0.3 is 34.6 Å². The van der Waals surface area contributed by atoms with Crippen molar-refractivity contribution < 1.29 is 57.4 Å². The molecule has 0 spiro atoms. The number of benzene rings is 4. The molecule has 19 nitrogen and oxygen atoms in total. The first-order valence-corrected chi connectivity index (χ1v) is 21.6. The van der Waals surface area contributed by atoms with Gasteiger partial charge >= 0.3 is 6.09 Å². The number of hydrogen-bond donors (Lipinski definition) is 4. The van der Waals surface area contributed by atoms with Gasteiger partial charge in [0.2, 0.25) is 23.6 Å². The van der Waals surface area contributed by atoms with E-state index in [9.17, 15) is 43.2 Å². The topological polar surface area (TPSA) is 239 Å². The molecule has 2 unspecified atom stereocenters. The monoisotopic (exact) mass is 911 g/mol. The number of ether oxygens (including phenoxy) is 3. The van der Waals surface area contributed by atoms with E-state index >= 15 is 0 Å². The average molecular weight is 912 g/mol. The lowest BCUT2D eigenvalue weighted by Crippen LogP contribution is -2.70. The lowest BCUT2D eigenvalue weighted by molar-refractivity contribution is -0.198. The fraction of sp³-hybridized carbons (Fsp3) is 0.312. The number of fused-ring (bicyclic) bond motifs is 2. The van der Waals surface area contributed by atoms with Crippen LogP contribution in [-0.4, -0.2) is 105 Å². The molecule has 9 amide bonds. The number of nitrogens with one attached hydrogen (secondary N) is 4. The van der Waals surface area contributed by atoms with Crippen LogP contribution in [0.25, 0.3) is 0 Å². The number of rotatable bonds is 10. The normalized spacial score (nSPS) is 19.7. The second-order valence-corrected chi connectivity index (χ2v) is 18.0. The second kappa shape index (κ2) is 17.0. The van der Waals surface area contributed by atoms with Crippen LogP contribution in [-0.2, 0) is 37.0 Å². The predicted molar refractivity (Wildman–Crippen MR) is 236 cm³/mol. The van der Waals surface area contributed by atoms with E-state index in [-0.39, 0.29) is 75.5 Å². The number of likely N-dealkylation sites (tertiary alicyclic amines) is 1. The third kappa shape index (κ3) is 9.12. The Morgan fingerprint density at radius 3 is 1.42 bits per heavy atom. The predicted octanol–water partition coefficient (Wildman–Crippen LogP) is 4.12. The van der Waals surface area contributed by atoms with Crippen molar-refractivity contribution >= 4 is 64.7 Å². The average Bonchev–Trinajstić information content (AvgIpc) is 3.76. The van der Waals surface area contributed by atoms with E-state index in [0.29, 0.717) is 56.3 Å². The molecule has 67 heavy (non-hydrogen) atoms. The van der Waals surface area contributed by atoms with Crippen LogP contribution in [0, 0.1) is 0 Å². The van der Waals surface area contributed by atoms with Gasteiger partial charge in [0.15, 0.2) is 0 Å². The summed E-state index contributed by atoms with van der Waals surface area (Å²) in [4.78, 5) is 118. The summed E-state index contributed by atoms with van der Waals surface area (Å²) in [6.07, 6.45) is 0.189. The third-order valence-corrected chi connectivity index (χ3v) is 11.9. The van der Waals surface area contributed by atoms with Crippen molar-refractivity contribution in [1.82, 2.24) is 25.3 Å². The highest BCUT2D eigenvalue weighted by Crippen LogP contribution is 2.35. The van der Waals surface area contributed by atoms with E-state index in [4.69, 9.17) is 14.2 Å². The molecule has 19 heteroatoms. The second-order valence-electron chi connectivity index (χ2n) is 18.0. The summed E-state index contributed by atoms with van der Waals surface area (Å²) < 4.78 is 18.3. The van der Waals surface area contributed by atoms with Crippen LogP contribution in [0.3, 0.4) is 0 Å². The molecule has 0 aliphatic carbocycles. The van der Waals surface area contributed by atoms with Gasteiger partial charge in [0.05, 0.1) is 0 Å². The summed E-state index contributed by atoms with van der Waals surface area (Å²) in [7, 11) is 0. The minimum atomic E-state index is -1.38. The molecule has 3 fully saturated rings. The molecule has 0 saturated carbocycles. The molecule has 4 N–H and O–H groups in total. The zero-order valence-electron chi connectivity index (χ0n) is 36.6. The highest BCUT2D eigenvalue weighted by atomic mass is 16.7. The maximum Gasteiger partial charge on any atom is 0.410 e. The number of carbonyl (C=O) groups excluding carboxylic acids is 9. The molecular weight excluding hydrogens is 867 g/mol. The molecule has 9 rings (SSSR count). The molecule has 0 bridgehead atoms. The lowest BCUT2D eigenvalue weighted by Gasteiger charge is -2.48. The molecule has 5 aliphatic rings. The van der Waals surface area contributed by atoms with E-state index < -0.39 is 53.2 Å². The van der Waals surface area contributed by atoms with Gasteiger partial charge in [-0.3, -0.25) is 53.9 Å². The lowest BCUT2D eigenvalue weighted by atomic mass is 10.0.